The molecule has 70 valence electrons. The molecule has 1 aromatic carbocycles. The number of nitrogens with one attached hydrogen (secondary N) is 1. The summed E-state index contributed by atoms with van der Waals surface area (Å²) in [6, 6.07) is 7.97. The minimum Gasteiger partial charge on any atom is -0.326 e. The molecule has 0 bridgehead atoms. The molecular formula is C11H15NO. The van der Waals surface area contributed by atoms with E-state index in [1.807, 2.05) is 12.1 Å². The number of carbonyl (C=O) groups is 1. The van der Waals surface area contributed by atoms with Crippen molar-refractivity contribution in [3.05, 3.63) is 29.8 Å². The summed E-state index contributed by atoms with van der Waals surface area (Å²) < 4.78 is 0. The Bertz CT molecular complexity index is 277. The van der Waals surface area contributed by atoms with Gasteiger partial charge in [-0.15, -0.1) is 0 Å². The first-order valence-electron chi connectivity index (χ1n) is 4.59. The quantitative estimate of drug-likeness (QED) is 0.755. The van der Waals surface area contributed by atoms with Crippen LogP contribution in [0.1, 0.15) is 25.8 Å². The molecule has 0 aliphatic carbocycles. The van der Waals surface area contributed by atoms with Crippen molar-refractivity contribution in [1.29, 1.82) is 0 Å². The van der Waals surface area contributed by atoms with Gasteiger partial charge in [-0.25, -0.2) is 0 Å². The molecule has 2 nitrogen and oxygen atoms in total. The van der Waals surface area contributed by atoms with E-state index in [1.165, 1.54) is 12.5 Å². The summed E-state index contributed by atoms with van der Waals surface area (Å²) in [5, 5.41) is 2.74. The average Bonchev–Trinajstić information content (AvgIpc) is 2.08. The zero-order chi connectivity index (χ0) is 9.68. The minimum absolute atomic E-state index is 0.0248. The molecule has 0 aromatic heterocycles. The molecule has 1 aromatic rings. The highest BCUT2D eigenvalue weighted by molar-refractivity contribution is 5.88. The third kappa shape index (κ3) is 3.28. The second-order valence-corrected chi connectivity index (χ2v) is 3.13. The van der Waals surface area contributed by atoms with Crippen LogP contribution in [0.5, 0.6) is 0 Å². The highest BCUT2D eigenvalue weighted by Gasteiger charge is 1.95. The van der Waals surface area contributed by atoms with Gasteiger partial charge in [-0.05, 0) is 24.1 Å². The fraction of sp³-hybridized carbons (Fsp3) is 0.364. The zero-order valence-electron chi connectivity index (χ0n) is 8.13. The van der Waals surface area contributed by atoms with Gasteiger partial charge in [0.05, 0.1) is 0 Å². The van der Waals surface area contributed by atoms with E-state index in [4.69, 9.17) is 0 Å². The highest BCUT2D eigenvalue weighted by Crippen LogP contribution is 2.10. The van der Waals surface area contributed by atoms with Gasteiger partial charge in [0.2, 0.25) is 5.91 Å². The average molecular weight is 177 g/mol. The Morgan fingerprint density at radius 1 is 1.31 bits per heavy atom. The van der Waals surface area contributed by atoms with Crippen LogP contribution in [0, 0.1) is 0 Å². The maximum atomic E-state index is 10.7. The van der Waals surface area contributed by atoms with E-state index < -0.39 is 0 Å². The van der Waals surface area contributed by atoms with Crippen LogP contribution in [0.4, 0.5) is 5.69 Å². The molecule has 0 atom stereocenters. The lowest BCUT2D eigenvalue weighted by Crippen LogP contribution is -2.05. The Kier molecular flexibility index (Phi) is 3.50. The Morgan fingerprint density at radius 3 is 2.38 bits per heavy atom. The van der Waals surface area contributed by atoms with E-state index in [-0.39, 0.29) is 5.91 Å². The maximum Gasteiger partial charge on any atom is 0.221 e. The van der Waals surface area contributed by atoms with Gasteiger partial charge >= 0.3 is 0 Å². The zero-order valence-corrected chi connectivity index (χ0v) is 8.13. The monoisotopic (exact) mass is 177 g/mol. The smallest absolute Gasteiger partial charge is 0.221 e. The van der Waals surface area contributed by atoms with E-state index in [0.29, 0.717) is 0 Å². The van der Waals surface area contributed by atoms with E-state index in [0.717, 1.165) is 18.5 Å². The predicted molar refractivity (Wildman–Crippen MR) is 54.7 cm³/mol. The summed E-state index contributed by atoms with van der Waals surface area (Å²) in [5.74, 6) is -0.0248. The van der Waals surface area contributed by atoms with Crippen LogP contribution in [0.15, 0.2) is 24.3 Å². The van der Waals surface area contributed by atoms with Gasteiger partial charge in [-0.2, -0.15) is 0 Å². The number of amides is 1. The fourth-order valence-electron chi connectivity index (χ4n) is 1.25. The van der Waals surface area contributed by atoms with E-state index >= 15 is 0 Å². The molecule has 0 aliphatic rings. The van der Waals surface area contributed by atoms with Crippen LogP contribution in [-0.2, 0) is 11.2 Å². The fourth-order valence-corrected chi connectivity index (χ4v) is 1.25. The van der Waals surface area contributed by atoms with Crippen LogP contribution in [0.2, 0.25) is 0 Å². The number of anilines is 1. The maximum absolute atomic E-state index is 10.7. The molecule has 0 spiro atoms. The summed E-state index contributed by atoms with van der Waals surface area (Å²) >= 11 is 0. The first kappa shape index (κ1) is 9.78. The highest BCUT2D eigenvalue weighted by atomic mass is 16.1. The van der Waals surface area contributed by atoms with E-state index in [1.54, 1.807) is 0 Å². The lowest BCUT2D eigenvalue weighted by Gasteiger charge is -2.03. The van der Waals surface area contributed by atoms with Gasteiger partial charge in [0.15, 0.2) is 0 Å². The molecule has 0 heterocycles. The van der Waals surface area contributed by atoms with E-state index in [9.17, 15) is 4.79 Å². The lowest BCUT2D eigenvalue weighted by atomic mass is 10.1. The number of rotatable bonds is 3. The number of benzene rings is 1. The van der Waals surface area contributed by atoms with Gasteiger partial charge < -0.3 is 5.32 Å². The molecule has 0 aliphatic heterocycles. The molecule has 0 radical (unpaired) electrons. The molecular weight excluding hydrogens is 162 g/mol. The summed E-state index contributed by atoms with van der Waals surface area (Å²) in [4.78, 5) is 10.7. The van der Waals surface area contributed by atoms with Gasteiger partial charge in [0, 0.05) is 12.6 Å². The van der Waals surface area contributed by atoms with Crippen molar-refractivity contribution >= 4 is 11.6 Å². The van der Waals surface area contributed by atoms with Crippen molar-refractivity contribution in [2.24, 2.45) is 0 Å². The van der Waals surface area contributed by atoms with Crippen molar-refractivity contribution in [1.82, 2.24) is 0 Å². The molecule has 0 fully saturated rings. The summed E-state index contributed by atoms with van der Waals surface area (Å²) in [7, 11) is 0. The first-order valence-corrected chi connectivity index (χ1v) is 4.59. The number of aryl methyl sites for hydroxylation is 1. The molecule has 0 saturated heterocycles. The summed E-state index contributed by atoms with van der Waals surface area (Å²) in [6.07, 6.45) is 2.25. The van der Waals surface area contributed by atoms with Crippen molar-refractivity contribution in [2.45, 2.75) is 26.7 Å². The lowest BCUT2D eigenvalue weighted by molar-refractivity contribution is -0.114. The molecule has 2 heteroatoms. The second-order valence-electron chi connectivity index (χ2n) is 3.13. The van der Waals surface area contributed by atoms with Crippen LogP contribution in [-0.4, -0.2) is 5.91 Å². The Labute approximate surface area is 79.0 Å². The Morgan fingerprint density at radius 2 is 1.92 bits per heavy atom. The third-order valence-electron chi connectivity index (χ3n) is 1.81. The van der Waals surface area contributed by atoms with Gasteiger partial charge in [0.25, 0.3) is 0 Å². The molecule has 13 heavy (non-hydrogen) atoms. The topological polar surface area (TPSA) is 29.1 Å². The third-order valence-corrected chi connectivity index (χ3v) is 1.81. The molecule has 1 N–H and O–H groups in total. The van der Waals surface area contributed by atoms with Crippen molar-refractivity contribution in [2.75, 3.05) is 5.32 Å². The minimum atomic E-state index is -0.0248. The number of hydrogen-bond donors (Lipinski definition) is 1. The van der Waals surface area contributed by atoms with Gasteiger partial charge in [0.1, 0.15) is 0 Å². The standard InChI is InChI=1S/C11H15NO/c1-3-4-10-5-7-11(8-6-10)12-9(2)13/h5-8H,3-4H2,1-2H3,(H,12,13). The van der Waals surface area contributed by atoms with Crippen LogP contribution in [0.3, 0.4) is 0 Å². The molecule has 0 unspecified atom stereocenters. The van der Waals surface area contributed by atoms with Crippen molar-refractivity contribution in [3.8, 4) is 0 Å². The van der Waals surface area contributed by atoms with E-state index in [2.05, 4.69) is 24.4 Å². The van der Waals surface area contributed by atoms with Crippen LogP contribution >= 0.6 is 0 Å². The Balaban J connectivity index is 2.64. The first-order chi connectivity index (χ1) is 6.22. The predicted octanol–water partition coefficient (Wildman–Crippen LogP) is 2.60. The van der Waals surface area contributed by atoms with Crippen LogP contribution < -0.4 is 5.32 Å². The summed E-state index contributed by atoms with van der Waals surface area (Å²) in [6.45, 7) is 3.67. The molecule has 0 saturated carbocycles. The molecule has 1 amide bonds. The largest absolute Gasteiger partial charge is 0.326 e. The van der Waals surface area contributed by atoms with Crippen molar-refractivity contribution < 1.29 is 4.79 Å². The number of hydrogen-bond acceptors (Lipinski definition) is 1. The molecule has 1 rings (SSSR count). The Hall–Kier alpha value is -1.31. The second kappa shape index (κ2) is 4.65. The SMILES string of the molecule is CCCc1ccc(NC(C)=O)cc1. The normalized spacial score (nSPS) is 9.69. The van der Waals surface area contributed by atoms with Crippen molar-refractivity contribution in [3.63, 3.8) is 0 Å². The summed E-state index contributed by atoms with van der Waals surface area (Å²) in [5.41, 5.74) is 2.18. The van der Waals surface area contributed by atoms with Gasteiger partial charge in [-0.3, -0.25) is 4.79 Å². The number of carbonyl (C=O) groups excluding carboxylic acids is 1. The van der Waals surface area contributed by atoms with Gasteiger partial charge in [-0.1, -0.05) is 25.5 Å². The van der Waals surface area contributed by atoms with Crippen LogP contribution in [0.25, 0.3) is 0 Å².